The lowest BCUT2D eigenvalue weighted by atomic mass is 10.3. The quantitative estimate of drug-likeness (QED) is 0.820. The van der Waals surface area contributed by atoms with Gasteiger partial charge in [0.05, 0.1) is 25.6 Å². The minimum Gasteiger partial charge on any atom is -0.379 e. The normalized spacial score (nSPS) is 14.9. The second kappa shape index (κ2) is 8.75. The van der Waals surface area contributed by atoms with Gasteiger partial charge in [0.2, 0.25) is 0 Å². The lowest BCUT2D eigenvalue weighted by Crippen LogP contribution is -2.39. The van der Waals surface area contributed by atoms with E-state index in [4.69, 9.17) is 16.3 Å². The molecule has 1 aliphatic rings. The van der Waals surface area contributed by atoms with Crippen molar-refractivity contribution >= 4 is 29.0 Å². The van der Waals surface area contributed by atoms with Crippen molar-refractivity contribution < 1.29 is 9.53 Å². The van der Waals surface area contributed by atoms with Gasteiger partial charge in [-0.15, -0.1) is 0 Å². The number of nitrogens with one attached hydrogen (secondary N) is 2. The number of anilines is 2. The van der Waals surface area contributed by atoms with Gasteiger partial charge in [0.15, 0.2) is 0 Å². The van der Waals surface area contributed by atoms with Crippen molar-refractivity contribution in [2.45, 2.75) is 0 Å². The smallest absolute Gasteiger partial charge is 0.275 e. The monoisotopic (exact) mass is 361 g/mol. The van der Waals surface area contributed by atoms with Gasteiger partial charge in [0.25, 0.3) is 5.91 Å². The van der Waals surface area contributed by atoms with Gasteiger partial charge in [-0.25, -0.2) is 9.97 Å². The standard InChI is InChI=1S/C17H20ClN5O2/c18-13-2-1-3-14(10-13)22-17(24)15-11-21-16(12-20-15)19-4-5-23-6-8-25-9-7-23/h1-3,10-12H,4-9H2,(H,19,21)(H,22,24). The highest BCUT2D eigenvalue weighted by Crippen LogP contribution is 2.15. The van der Waals surface area contributed by atoms with Crippen LogP contribution >= 0.6 is 11.6 Å². The highest BCUT2D eigenvalue weighted by molar-refractivity contribution is 6.30. The van der Waals surface area contributed by atoms with Gasteiger partial charge < -0.3 is 15.4 Å². The first-order valence-electron chi connectivity index (χ1n) is 8.14. The van der Waals surface area contributed by atoms with Gasteiger partial charge in [-0.1, -0.05) is 17.7 Å². The van der Waals surface area contributed by atoms with Crippen LogP contribution in [-0.4, -0.2) is 60.2 Å². The Morgan fingerprint density at radius 3 is 2.80 bits per heavy atom. The molecule has 2 N–H and O–H groups in total. The molecule has 0 unspecified atom stereocenters. The third-order valence-electron chi connectivity index (χ3n) is 3.80. The average Bonchev–Trinajstić information content (AvgIpc) is 2.63. The van der Waals surface area contributed by atoms with Crippen LogP contribution in [0.3, 0.4) is 0 Å². The predicted octanol–water partition coefficient (Wildman–Crippen LogP) is 2.13. The van der Waals surface area contributed by atoms with E-state index in [1.54, 1.807) is 30.5 Å². The van der Waals surface area contributed by atoms with Crippen molar-refractivity contribution in [2.24, 2.45) is 0 Å². The van der Waals surface area contributed by atoms with E-state index >= 15 is 0 Å². The van der Waals surface area contributed by atoms with E-state index in [9.17, 15) is 4.79 Å². The Morgan fingerprint density at radius 1 is 1.24 bits per heavy atom. The third-order valence-corrected chi connectivity index (χ3v) is 4.04. The van der Waals surface area contributed by atoms with Gasteiger partial charge in [0.1, 0.15) is 11.5 Å². The third kappa shape index (κ3) is 5.38. The molecule has 1 aromatic heterocycles. The molecule has 0 saturated carbocycles. The molecule has 3 rings (SSSR count). The highest BCUT2D eigenvalue weighted by atomic mass is 35.5. The Labute approximate surface area is 151 Å². The number of rotatable bonds is 6. The molecule has 1 aliphatic heterocycles. The maximum atomic E-state index is 12.2. The number of benzene rings is 1. The fourth-order valence-electron chi connectivity index (χ4n) is 2.46. The van der Waals surface area contributed by atoms with E-state index < -0.39 is 0 Å². The zero-order valence-electron chi connectivity index (χ0n) is 13.7. The zero-order chi connectivity index (χ0) is 17.5. The van der Waals surface area contributed by atoms with Crippen molar-refractivity contribution in [2.75, 3.05) is 50.0 Å². The lowest BCUT2D eigenvalue weighted by molar-refractivity contribution is 0.0398. The predicted molar refractivity (Wildman–Crippen MR) is 97.2 cm³/mol. The van der Waals surface area contributed by atoms with Crippen LogP contribution in [-0.2, 0) is 4.74 Å². The summed E-state index contributed by atoms with van der Waals surface area (Å²) in [5.74, 6) is 0.321. The molecule has 8 heteroatoms. The van der Waals surface area contributed by atoms with E-state index in [1.165, 1.54) is 6.20 Å². The number of morpholine rings is 1. The Balaban J connectivity index is 1.48. The number of halogens is 1. The fourth-order valence-corrected chi connectivity index (χ4v) is 2.66. The van der Waals surface area contributed by atoms with Gasteiger partial charge in [0, 0.05) is 36.9 Å². The number of hydrogen-bond acceptors (Lipinski definition) is 6. The summed E-state index contributed by atoms with van der Waals surface area (Å²) in [5.41, 5.74) is 0.866. The van der Waals surface area contributed by atoms with Crippen LogP contribution in [0.5, 0.6) is 0 Å². The molecule has 0 bridgehead atoms. The summed E-state index contributed by atoms with van der Waals surface area (Å²) in [5, 5.41) is 6.51. The first-order chi connectivity index (χ1) is 12.2. The fraction of sp³-hybridized carbons (Fsp3) is 0.353. The largest absolute Gasteiger partial charge is 0.379 e. The topological polar surface area (TPSA) is 79.4 Å². The summed E-state index contributed by atoms with van der Waals surface area (Å²) >= 11 is 5.90. The molecule has 0 aliphatic carbocycles. The number of nitrogens with zero attached hydrogens (tertiary/aromatic N) is 3. The van der Waals surface area contributed by atoms with E-state index in [1.807, 2.05) is 0 Å². The summed E-state index contributed by atoms with van der Waals surface area (Å²) < 4.78 is 5.32. The number of ether oxygens (including phenoxy) is 1. The van der Waals surface area contributed by atoms with Crippen LogP contribution < -0.4 is 10.6 Å². The van der Waals surface area contributed by atoms with Crippen LogP contribution in [0.15, 0.2) is 36.7 Å². The zero-order valence-corrected chi connectivity index (χ0v) is 14.5. The van der Waals surface area contributed by atoms with Crippen LogP contribution in [0.2, 0.25) is 5.02 Å². The van der Waals surface area contributed by atoms with E-state index in [-0.39, 0.29) is 11.6 Å². The molecule has 0 atom stereocenters. The van der Waals surface area contributed by atoms with Gasteiger partial charge in [-0.3, -0.25) is 9.69 Å². The number of hydrogen-bond donors (Lipinski definition) is 2. The minimum absolute atomic E-state index is 0.249. The molecule has 7 nitrogen and oxygen atoms in total. The van der Waals surface area contributed by atoms with Crippen molar-refractivity contribution in [3.63, 3.8) is 0 Å². The minimum atomic E-state index is -0.324. The molecular weight excluding hydrogens is 342 g/mol. The van der Waals surface area contributed by atoms with Crippen LogP contribution in [0.4, 0.5) is 11.5 Å². The molecule has 25 heavy (non-hydrogen) atoms. The van der Waals surface area contributed by atoms with Crippen molar-refractivity contribution in [1.29, 1.82) is 0 Å². The maximum absolute atomic E-state index is 12.2. The van der Waals surface area contributed by atoms with E-state index in [0.717, 1.165) is 39.4 Å². The van der Waals surface area contributed by atoms with Crippen LogP contribution in [0.1, 0.15) is 10.5 Å². The number of carbonyl (C=O) groups excluding carboxylic acids is 1. The molecule has 0 spiro atoms. The number of carbonyl (C=O) groups is 1. The van der Waals surface area contributed by atoms with Crippen LogP contribution in [0, 0.1) is 0 Å². The molecule has 0 radical (unpaired) electrons. The summed E-state index contributed by atoms with van der Waals surface area (Å²) in [6.07, 6.45) is 3.02. The van der Waals surface area contributed by atoms with Gasteiger partial charge in [-0.05, 0) is 18.2 Å². The molecule has 2 heterocycles. The summed E-state index contributed by atoms with van der Waals surface area (Å²) in [6, 6.07) is 6.95. The van der Waals surface area contributed by atoms with Crippen molar-refractivity contribution in [3.05, 3.63) is 47.4 Å². The molecule has 1 fully saturated rings. The van der Waals surface area contributed by atoms with Crippen molar-refractivity contribution in [1.82, 2.24) is 14.9 Å². The Kier molecular flexibility index (Phi) is 6.16. The Bertz CT molecular complexity index is 704. The SMILES string of the molecule is O=C(Nc1cccc(Cl)c1)c1cnc(NCCN2CCOCC2)cn1. The first kappa shape index (κ1) is 17.6. The lowest BCUT2D eigenvalue weighted by Gasteiger charge is -2.26. The molecule has 1 amide bonds. The maximum Gasteiger partial charge on any atom is 0.275 e. The molecular formula is C17H20ClN5O2. The molecule has 1 saturated heterocycles. The number of aromatic nitrogens is 2. The summed E-state index contributed by atoms with van der Waals surface area (Å²) in [4.78, 5) is 22.9. The number of amides is 1. The molecule has 1 aromatic carbocycles. The Hall–Kier alpha value is -2.22. The van der Waals surface area contributed by atoms with Gasteiger partial charge in [-0.2, -0.15) is 0 Å². The second-order valence-corrected chi connectivity index (χ2v) is 6.07. The summed E-state index contributed by atoms with van der Waals surface area (Å²) in [6.45, 7) is 5.17. The van der Waals surface area contributed by atoms with Gasteiger partial charge >= 0.3 is 0 Å². The van der Waals surface area contributed by atoms with Crippen molar-refractivity contribution in [3.8, 4) is 0 Å². The van der Waals surface area contributed by atoms with E-state index in [0.29, 0.717) is 16.5 Å². The molecule has 2 aromatic rings. The molecule has 132 valence electrons. The Morgan fingerprint density at radius 2 is 2.08 bits per heavy atom. The summed E-state index contributed by atoms with van der Waals surface area (Å²) in [7, 11) is 0. The van der Waals surface area contributed by atoms with Crippen LogP contribution in [0.25, 0.3) is 0 Å². The van der Waals surface area contributed by atoms with E-state index in [2.05, 4.69) is 25.5 Å². The first-order valence-corrected chi connectivity index (χ1v) is 8.51. The average molecular weight is 362 g/mol. The second-order valence-electron chi connectivity index (χ2n) is 5.63. The highest BCUT2D eigenvalue weighted by Gasteiger charge is 2.11.